The molecule has 1 aromatic heterocycles. The van der Waals surface area contributed by atoms with Gasteiger partial charge in [0.05, 0.1) is 18.4 Å². The normalized spacial score (nSPS) is 14.6. The van der Waals surface area contributed by atoms with Crippen LogP contribution in [0.5, 0.6) is 5.75 Å². The van der Waals surface area contributed by atoms with E-state index >= 15 is 0 Å². The highest BCUT2D eigenvalue weighted by Crippen LogP contribution is 2.38. The number of methoxy groups -OCH3 is 1. The van der Waals surface area contributed by atoms with Crippen molar-refractivity contribution >= 4 is 29.2 Å². The Morgan fingerprint density at radius 2 is 1.96 bits per heavy atom. The zero-order chi connectivity index (χ0) is 19.7. The quantitative estimate of drug-likeness (QED) is 0.747. The fourth-order valence-corrected chi connectivity index (χ4v) is 3.34. The first-order valence-electron chi connectivity index (χ1n) is 8.85. The maximum Gasteiger partial charge on any atom is 0.340 e. The summed E-state index contributed by atoms with van der Waals surface area (Å²) in [6, 6.07) is 7.19. The third-order valence-corrected chi connectivity index (χ3v) is 4.92. The molecule has 0 radical (unpaired) electrons. The molecule has 1 amide bonds. The van der Waals surface area contributed by atoms with Crippen molar-refractivity contribution in [2.45, 2.75) is 45.8 Å². The van der Waals surface area contributed by atoms with Gasteiger partial charge in [-0.25, -0.2) is 4.79 Å². The molecule has 1 aliphatic carbocycles. The van der Waals surface area contributed by atoms with Crippen LogP contribution in [0.2, 0.25) is 5.02 Å². The summed E-state index contributed by atoms with van der Waals surface area (Å²) in [6.45, 7) is 5.41. The molecule has 1 atom stereocenters. The lowest BCUT2D eigenvalue weighted by Crippen LogP contribution is -2.30. The number of hydrogen-bond donors (Lipinski definition) is 1. The van der Waals surface area contributed by atoms with E-state index in [2.05, 4.69) is 9.88 Å². The van der Waals surface area contributed by atoms with Gasteiger partial charge in [-0.2, -0.15) is 0 Å². The van der Waals surface area contributed by atoms with Crippen molar-refractivity contribution in [3.63, 3.8) is 0 Å². The van der Waals surface area contributed by atoms with Crippen LogP contribution in [-0.2, 0) is 9.53 Å². The fraction of sp³-hybridized carbons (Fsp3) is 0.400. The Labute approximate surface area is 163 Å². The zero-order valence-corrected chi connectivity index (χ0v) is 16.6. The number of aromatic nitrogens is 1. The lowest BCUT2D eigenvalue weighted by atomic mass is 10.2. The largest absolute Gasteiger partial charge is 0.495 e. The first-order chi connectivity index (χ1) is 12.8. The SMILES string of the molecule is COc1ccc(Cl)cc1NC(=O)[C@H](C)OC(=O)c1cc(C)n(C2CC2)c1C. The molecule has 1 heterocycles. The number of halogens is 1. The molecule has 6 nitrogen and oxygen atoms in total. The summed E-state index contributed by atoms with van der Waals surface area (Å²) >= 11 is 5.97. The molecule has 1 aliphatic rings. The van der Waals surface area contributed by atoms with E-state index in [0.29, 0.717) is 28.1 Å². The number of benzene rings is 1. The van der Waals surface area contributed by atoms with E-state index in [0.717, 1.165) is 24.2 Å². The van der Waals surface area contributed by atoms with Crippen LogP contribution in [0.4, 0.5) is 5.69 Å². The second-order valence-corrected chi connectivity index (χ2v) is 7.20. The first kappa shape index (κ1) is 19.3. The minimum atomic E-state index is -0.967. The summed E-state index contributed by atoms with van der Waals surface area (Å²) in [5.41, 5.74) is 2.83. The van der Waals surface area contributed by atoms with Gasteiger partial charge >= 0.3 is 5.97 Å². The molecule has 2 aromatic rings. The molecule has 0 unspecified atom stereocenters. The van der Waals surface area contributed by atoms with Gasteiger partial charge < -0.3 is 19.4 Å². The maximum absolute atomic E-state index is 12.6. The molecule has 0 aliphatic heterocycles. The fourth-order valence-electron chi connectivity index (χ4n) is 3.17. The summed E-state index contributed by atoms with van der Waals surface area (Å²) in [5, 5.41) is 3.15. The van der Waals surface area contributed by atoms with Gasteiger partial charge in [-0.1, -0.05) is 11.6 Å². The minimum Gasteiger partial charge on any atom is -0.495 e. The number of ether oxygens (including phenoxy) is 2. The molecule has 1 aromatic carbocycles. The van der Waals surface area contributed by atoms with Crippen molar-refractivity contribution in [2.75, 3.05) is 12.4 Å². The van der Waals surface area contributed by atoms with Gasteiger partial charge in [0.2, 0.25) is 0 Å². The molecule has 1 saturated carbocycles. The van der Waals surface area contributed by atoms with Gasteiger partial charge in [0.15, 0.2) is 6.10 Å². The van der Waals surface area contributed by atoms with Crippen molar-refractivity contribution in [1.29, 1.82) is 0 Å². The van der Waals surface area contributed by atoms with E-state index in [1.54, 1.807) is 18.2 Å². The zero-order valence-electron chi connectivity index (χ0n) is 15.8. The third kappa shape index (κ3) is 4.11. The molecule has 0 bridgehead atoms. The highest BCUT2D eigenvalue weighted by Gasteiger charge is 2.29. The van der Waals surface area contributed by atoms with E-state index in [-0.39, 0.29) is 0 Å². The number of nitrogens with one attached hydrogen (secondary N) is 1. The van der Waals surface area contributed by atoms with Gasteiger partial charge in [-0.05, 0) is 57.9 Å². The van der Waals surface area contributed by atoms with Gasteiger partial charge in [-0.3, -0.25) is 4.79 Å². The number of aryl methyl sites for hydroxylation is 1. The molecule has 1 N–H and O–H groups in total. The van der Waals surface area contributed by atoms with Crippen LogP contribution in [0.3, 0.4) is 0 Å². The highest BCUT2D eigenvalue weighted by molar-refractivity contribution is 6.31. The molecule has 0 spiro atoms. The molecule has 27 heavy (non-hydrogen) atoms. The average Bonchev–Trinajstić information content (AvgIpc) is 3.40. The average molecular weight is 391 g/mol. The lowest BCUT2D eigenvalue weighted by Gasteiger charge is -2.15. The highest BCUT2D eigenvalue weighted by atomic mass is 35.5. The summed E-state index contributed by atoms with van der Waals surface area (Å²) in [6.07, 6.45) is 1.29. The van der Waals surface area contributed by atoms with E-state index in [4.69, 9.17) is 21.1 Å². The topological polar surface area (TPSA) is 69.6 Å². The van der Waals surface area contributed by atoms with E-state index in [1.807, 2.05) is 19.9 Å². The first-order valence-corrected chi connectivity index (χ1v) is 9.23. The molecule has 0 saturated heterocycles. The van der Waals surface area contributed by atoms with Gasteiger partial charge in [0.25, 0.3) is 5.91 Å². The lowest BCUT2D eigenvalue weighted by molar-refractivity contribution is -0.123. The Morgan fingerprint density at radius 1 is 1.26 bits per heavy atom. The van der Waals surface area contributed by atoms with Gasteiger partial charge in [0.1, 0.15) is 5.75 Å². The van der Waals surface area contributed by atoms with Crippen LogP contribution >= 0.6 is 11.6 Å². The second-order valence-electron chi connectivity index (χ2n) is 6.77. The van der Waals surface area contributed by atoms with Crippen molar-refractivity contribution in [1.82, 2.24) is 4.57 Å². The predicted octanol–water partition coefficient (Wildman–Crippen LogP) is 4.29. The Bertz CT molecular complexity index is 886. The summed E-state index contributed by atoms with van der Waals surface area (Å²) in [5.74, 6) is -0.491. The van der Waals surface area contributed by atoms with E-state index < -0.39 is 18.0 Å². The van der Waals surface area contributed by atoms with E-state index in [9.17, 15) is 9.59 Å². The maximum atomic E-state index is 12.6. The molecule has 7 heteroatoms. The van der Waals surface area contributed by atoms with Crippen LogP contribution in [0.1, 0.15) is 47.6 Å². The van der Waals surface area contributed by atoms with Crippen molar-refractivity contribution in [3.8, 4) is 5.75 Å². The summed E-state index contributed by atoms with van der Waals surface area (Å²) < 4.78 is 12.8. The molecular weight excluding hydrogens is 368 g/mol. The number of carbonyl (C=O) groups excluding carboxylic acids is 2. The van der Waals surface area contributed by atoms with E-state index in [1.165, 1.54) is 14.0 Å². The van der Waals surface area contributed by atoms with Crippen molar-refractivity contribution < 1.29 is 19.1 Å². The number of amides is 1. The Morgan fingerprint density at radius 3 is 2.59 bits per heavy atom. The van der Waals surface area contributed by atoms with Crippen molar-refractivity contribution in [2.24, 2.45) is 0 Å². The number of hydrogen-bond acceptors (Lipinski definition) is 4. The van der Waals surface area contributed by atoms with Crippen LogP contribution in [0.15, 0.2) is 24.3 Å². The monoisotopic (exact) mass is 390 g/mol. The van der Waals surface area contributed by atoms with Gasteiger partial charge in [0, 0.05) is 22.5 Å². The molecular formula is C20H23ClN2O4. The Balaban J connectivity index is 1.69. The third-order valence-electron chi connectivity index (χ3n) is 4.69. The smallest absolute Gasteiger partial charge is 0.340 e. The van der Waals surface area contributed by atoms with Crippen LogP contribution in [0.25, 0.3) is 0 Å². The number of esters is 1. The van der Waals surface area contributed by atoms with Crippen LogP contribution in [-0.4, -0.2) is 29.7 Å². The van der Waals surface area contributed by atoms with Gasteiger partial charge in [-0.15, -0.1) is 0 Å². The summed E-state index contributed by atoms with van der Waals surface area (Å²) in [7, 11) is 1.50. The Hall–Kier alpha value is -2.47. The second kappa shape index (κ2) is 7.64. The Kier molecular flexibility index (Phi) is 5.46. The summed E-state index contributed by atoms with van der Waals surface area (Å²) in [4.78, 5) is 25.0. The van der Waals surface area contributed by atoms with Crippen LogP contribution < -0.4 is 10.1 Å². The number of nitrogens with zero attached hydrogens (tertiary/aromatic N) is 1. The van der Waals surface area contributed by atoms with Crippen LogP contribution in [0, 0.1) is 13.8 Å². The molecule has 1 fully saturated rings. The molecule has 3 rings (SSSR count). The molecule has 144 valence electrons. The predicted molar refractivity (Wildman–Crippen MR) is 104 cm³/mol. The van der Waals surface area contributed by atoms with Crippen molar-refractivity contribution in [3.05, 3.63) is 46.2 Å². The standard InChI is InChI=1S/C20H23ClN2O4/c1-11-9-16(12(2)23(11)15-6-7-15)20(25)27-13(3)19(24)22-17-10-14(21)5-8-18(17)26-4/h5,8-10,13,15H,6-7H2,1-4H3,(H,22,24)/t13-/m0/s1. The minimum absolute atomic E-state index is 0.421. The number of rotatable bonds is 6. The number of anilines is 1. The number of carbonyl (C=O) groups is 2.